The minimum atomic E-state index is 0.662. The second-order valence-corrected chi connectivity index (χ2v) is 2.56. The number of aliphatic imine (C=N–C) groups is 2. The van der Waals surface area contributed by atoms with Crippen molar-refractivity contribution in [2.45, 2.75) is 20.3 Å². The fourth-order valence-corrected chi connectivity index (χ4v) is 0.742. The number of rotatable bonds is 2. The summed E-state index contributed by atoms with van der Waals surface area (Å²) in [5, 5.41) is 0. The smallest absolute Gasteiger partial charge is 0.250 e. The van der Waals surface area contributed by atoms with Gasteiger partial charge in [0.1, 0.15) is 0 Å². The van der Waals surface area contributed by atoms with Gasteiger partial charge in [0.15, 0.2) is 0 Å². The molecule has 0 aromatic rings. The van der Waals surface area contributed by atoms with Crippen molar-refractivity contribution in [1.82, 2.24) is 0 Å². The highest BCUT2D eigenvalue weighted by Crippen LogP contribution is 2.04. The van der Waals surface area contributed by atoms with Crippen LogP contribution in [0.15, 0.2) is 9.98 Å². The summed E-state index contributed by atoms with van der Waals surface area (Å²) in [4.78, 5) is 7.66. The van der Waals surface area contributed by atoms with Crippen LogP contribution in [0.1, 0.15) is 20.3 Å². The van der Waals surface area contributed by atoms with E-state index in [9.17, 15) is 0 Å². The number of nitrogens with zero attached hydrogens (tertiary/aromatic N) is 2. The Bertz CT molecular complexity index is 145. The van der Waals surface area contributed by atoms with Crippen molar-refractivity contribution < 1.29 is 0 Å². The second-order valence-electron chi connectivity index (χ2n) is 2.56. The highest BCUT2D eigenvalue weighted by atomic mass is 15.0. The molecule has 0 aromatic heterocycles. The predicted octanol–water partition coefficient (Wildman–Crippen LogP) is 1.55. The van der Waals surface area contributed by atoms with E-state index >= 15 is 0 Å². The van der Waals surface area contributed by atoms with Crippen LogP contribution in [0, 0.1) is 12.6 Å². The second kappa shape index (κ2) is 2.76. The van der Waals surface area contributed by atoms with E-state index in [0.29, 0.717) is 5.92 Å². The molecule has 1 aliphatic heterocycles. The van der Waals surface area contributed by atoms with Gasteiger partial charge in [-0.3, -0.25) is 4.99 Å². The van der Waals surface area contributed by atoms with E-state index < -0.39 is 0 Å². The fourth-order valence-electron chi connectivity index (χ4n) is 0.742. The molecule has 0 amide bonds. The first kappa shape index (κ1) is 6.46. The lowest BCUT2D eigenvalue weighted by Crippen LogP contribution is -2.00. The molecule has 48 valence electrons. The van der Waals surface area contributed by atoms with Gasteiger partial charge in [-0.2, -0.15) is 0 Å². The highest BCUT2D eigenvalue weighted by molar-refractivity contribution is 6.32. The van der Waals surface area contributed by atoms with Gasteiger partial charge < -0.3 is 0 Å². The standard InChI is InChI=1S/C7H10N2/c1-6(2)3-7-4-8-5-9-7/h4,6H,3H2,1-2H3. The van der Waals surface area contributed by atoms with Crippen molar-refractivity contribution in [3.05, 3.63) is 6.67 Å². The molecule has 1 aliphatic rings. The molecule has 0 saturated carbocycles. The molecule has 0 spiro atoms. The van der Waals surface area contributed by atoms with Crippen LogP contribution in [-0.4, -0.2) is 11.9 Å². The summed E-state index contributed by atoms with van der Waals surface area (Å²) < 4.78 is 0. The zero-order chi connectivity index (χ0) is 6.69. The first-order chi connectivity index (χ1) is 4.29. The van der Waals surface area contributed by atoms with Crippen molar-refractivity contribution in [3.63, 3.8) is 0 Å². The molecule has 2 nitrogen and oxygen atoms in total. The van der Waals surface area contributed by atoms with Crippen molar-refractivity contribution in [2.75, 3.05) is 0 Å². The topological polar surface area (TPSA) is 24.7 Å². The Kier molecular flexibility index (Phi) is 1.98. The molecule has 0 N–H and O–H groups in total. The van der Waals surface area contributed by atoms with Gasteiger partial charge in [0.05, 0.1) is 5.71 Å². The molecule has 0 aromatic carbocycles. The van der Waals surface area contributed by atoms with Crippen LogP contribution in [0.3, 0.4) is 0 Å². The summed E-state index contributed by atoms with van der Waals surface area (Å²) in [7, 11) is 0. The molecule has 9 heavy (non-hydrogen) atoms. The van der Waals surface area contributed by atoms with E-state index in [2.05, 4.69) is 30.5 Å². The quantitative estimate of drug-likeness (QED) is 0.531. The summed E-state index contributed by atoms with van der Waals surface area (Å²) in [5.41, 5.74) is 1.05. The third kappa shape index (κ3) is 1.96. The molecular weight excluding hydrogens is 112 g/mol. The van der Waals surface area contributed by atoms with Gasteiger partial charge >= 0.3 is 0 Å². The van der Waals surface area contributed by atoms with Gasteiger partial charge in [-0.25, -0.2) is 4.99 Å². The lowest BCUT2D eigenvalue weighted by atomic mass is 10.1. The average molecular weight is 122 g/mol. The Balaban J connectivity index is 2.35. The Morgan fingerprint density at radius 2 is 2.44 bits per heavy atom. The van der Waals surface area contributed by atoms with Crippen LogP contribution < -0.4 is 0 Å². The molecule has 0 aliphatic carbocycles. The molecular formula is C7H10N2. The maximum atomic E-state index is 3.92. The number of hydrogen-bond acceptors (Lipinski definition) is 2. The summed E-state index contributed by atoms with van der Waals surface area (Å²) in [6, 6.07) is 0. The van der Waals surface area contributed by atoms with Crippen molar-refractivity contribution in [3.8, 4) is 0 Å². The summed E-state index contributed by atoms with van der Waals surface area (Å²) in [6.07, 6.45) is 2.77. The summed E-state index contributed by atoms with van der Waals surface area (Å²) >= 11 is 0. The molecule has 2 radical (unpaired) electrons. The van der Waals surface area contributed by atoms with Gasteiger partial charge in [0, 0.05) is 6.21 Å². The first-order valence-electron chi connectivity index (χ1n) is 3.13. The van der Waals surface area contributed by atoms with E-state index in [1.807, 2.05) is 0 Å². The van der Waals surface area contributed by atoms with Crippen LogP contribution in [0.5, 0.6) is 0 Å². The van der Waals surface area contributed by atoms with Crippen molar-refractivity contribution >= 4 is 11.9 Å². The Hall–Kier alpha value is -0.660. The van der Waals surface area contributed by atoms with Gasteiger partial charge in [-0.15, -0.1) is 0 Å². The number of hydrogen-bond donors (Lipinski definition) is 0. The van der Waals surface area contributed by atoms with Crippen molar-refractivity contribution in [1.29, 1.82) is 0 Å². The third-order valence-electron chi connectivity index (χ3n) is 1.08. The largest absolute Gasteiger partial charge is 0.252 e. The molecule has 0 bridgehead atoms. The summed E-state index contributed by atoms with van der Waals surface area (Å²) in [6.45, 7) is 6.86. The molecule has 1 heterocycles. The van der Waals surface area contributed by atoms with E-state index in [1.165, 1.54) is 0 Å². The SMILES string of the molecule is CC(C)CC1=N[C]N=C1. The summed E-state index contributed by atoms with van der Waals surface area (Å²) in [5.74, 6) is 0.662. The van der Waals surface area contributed by atoms with Crippen LogP contribution in [0.4, 0.5) is 0 Å². The first-order valence-corrected chi connectivity index (χ1v) is 3.13. The van der Waals surface area contributed by atoms with Gasteiger partial charge in [-0.1, -0.05) is 13.8 Å². The maximum absolute atomic E-state index is 3.92. The Morgan fingerprint density at radius 3 is 2.89 bits per heavy atom. The highest BCUT2D eigenvalue weighted by Gasteiger charge is 2.03. The normalized spacial score (nSPS) is 17.0. The maximum Gasteiger partial charge on any atom is 0.250 e. The van der Waals surface area contributed by atoms with Gasteiger partial charge in [0.2, 0.25) is 6.67 Å². The third-order valence-corrected chi connectivity index (χ3v) is 1.08. The molecule has 0 unspecified atom stereocenters. The Morgan fingerprint density at radius 1 is 1.67 bits per heavy atom. The zero-order valence-electron chi connectivity index (χ0n) is 5.76. The zero-order valence-corrected chi connectivity index (χ0v) is 5.76. The molecule has 2 heteroatoms. The van der Waals surface area contributed by atoms with Crippen LogP contribution >= 0.6 is 0 Å². The van der Waals surface area contributed by atoms with E-state index in [1.54, 1.807) is 6.21 Å². The van der Waals surface area contributed by atoms with Crippen molar-refractivity contribution in [2.24, 2.45) is 15.9 Å². The lowest BCUT2D eigenvalue weighted by Gasteiger charge is -1.98. The van der Waals surface area contributed by atoms with Crippen LogP contribution in [0.2, 0.25) is 0 Å². The van der Waals surface area contributed by atoms with Crippen LogP contribution in [0.25, 0.3) is 0 Å². The minimum absolute atomic E-state index is 0.662. The van der Waals surface area contributed by atoms with Crippen LogP contribution in [-0.2, 0) is 0 Å². The van der Waals surface area contributed by atoms with E-state index in [0.717, 1.165) is 12.1 Å². The monoisotopic (exact) mass is 122 g/mol. The fraction of sp³-hybridized carbons (Fsp3) is 0.571. The molecule has 0 saturated heterocycles. The van der Waals surface area contributed by atoms with Gasteiger partial charge in [-0.05, 0) is 12.3 Å². The van der Waals surface area contributed by atoms with E-state index in [4.69, 9.17) is 0 Å². The molecule has 0 fully saturated rings. The predicted molar refractivity (Wildman–Crippen MR) is 38.6 cm³/mol. The minimum Gasteiger partial charge on any atom is -0.252 e. The average Bonchev–Trinajstić information content (AvgIpc) is 2.15. The molecule has 1 rings (SSSR count). The Labute approximate surface area is 55.7 Å². The lowest BCUT2D eigenvalue weighted by molar-refractivity contribution is 0.687. The molecule has 0 atom stereocenters. The van der Waals surface area contributed by atoms with Gasteiger partial charge in [0.25, 0.3) is 0 Å². The van der Waals surface area contributed by atoms with E-state index in [-0.39, 0.29) is 0 Å².